The zero-order chi connectivity index (χ0) is 24.2. The van der Waals surface area contributed by atoms with Gasteiger partial charge in [-0.2, -0.15) is 4.98 Å². The van der Waals surface area contributed by atoms with Crippen molar-refractivity contribution in [3.05, 3.63) is 82.9 Å². The van der Waals surface area contributed by atoms with E-state index in [1.807, 2.05) is 37.4 Å². The van der Waals surface area contributed by atoms with Gasteiger partial charge in [-0.05, 0) is 35.5 Å². The van der Waals surface area contributed by atoms with Crippen molar-refractivity contribution in [3.63, 3.8) is 0 Å². The number of amides is 2. The van der Waals surface area contributed by atoms with Crippen LogP contribution >= 0.6 is 11.8 Å². The third-order valence-corrected chi connectivity index (χ3v) is 6.79. The van der Waals surface area contributed by atoms with E-state index in [0.717, 1.165) is 43.8 Å². The van der Waals surface area contributed by atoms with Crippen molar-refractivity contribution in [1.82, 2.24) is 15.3 Å². The van der Waals surface area contributed by atoms with Crippen LogP contribution in [0.25, 0.3) is 6.08 Å². The van der Waals surface area contributed by atoms with E-state index in [4.69, 9.17) is 9.97 Å². The average molecular weight is 487 g/mol. The smallest absolute Gasteiger partial charge is 0.290 e. The van der Waals surface area contributed by atoms with Crippen LogP contribution < -0.4 is 20.0 Å². The van der Waals surface area contributed by atoms with Crippen LogP contribution in [0.5, 0.6) is 0 Å². The van der Waals surface area contributed by atoms with Gasteiger partial charge in [0.2, 0.25) is 5.95 Å². The van der Waals surface area contributed by atoms with E-state index in [1.165, 1.54) is 11.3 Å². The standard InChI is InChI=1S/C26H26N6O2S/c1-30(18-19-8-4-2-5-9-19)23-17-20(16-22-24(33)29-26(34)35-22)27-25(28-23)32-14-12-31(13-15-32)21-10-6-3-7-11-21/h2-11,16-17H,12-15,18H2,1H3,(H,29,33,34)/b22-16+. The molecule has 3 heterocycles. The molecule has 0 spiro atoms. The van der Waals surface area contributed by atoms with Crippen molar-refractivity contribution < 1.29 is 9.59 Å². The second-order valence-electron chi connectivity index (χ2n) is 8.45. The van der Waals surface area contributed by atoms with E-state index >= 15 is 0 Å². The lowest BCUT2D eigenvalue weighted by molar-refractivity contribution is -0.115. The second kappa shape index (κ2) is 10.2. The quantitative estimate of drug-likeness (QED) is 0.528. The maximum absolute atomic E-state index is 12.1. The minimum atomic E-state index is -0.393. The number of hydrogen-bond acceptors (Lipinski definition) is 8. The molecule has 1 aromatic heterocycles. The SMILES string of the molecule is CN(Cc1ccccc1)c1cc(/C=C2/SC(=O)NC2=O)nc(N2CCN(c3ccccc3)CC2)n1. The first kappa shape index (κ1) is 22.9. The minimum absolute atomic E-state index is 0.338. The lowest BCUT2D eigenvalue weighted by Gasteiger charge is -2.36. The highest BCUT2D eigenvalue weighted by atomic mass is 32.2. The first-order valence-electron chi connectivity index (χ1n) is 11.5. The van der Waals surface area contributed by atoms with E-state index < -0.39 is 5.91 Å². The number of hydrogen-bond donors (Lipinski definition) is 1. The molecule has 0 saturated carbocycles. The molecule has 1 N–H and O–H groups in total. The van der Waals surface area contributed by atoms with Crippen molar-refractivity contribution >= 4 is 46.4 Å². The lowest BCUT2D eigenvalue weighted by atomic mass is 10.2. The van der Waals surface area contributed by atoms with Crippen molar-refractivity contribution in [2.45, 2.75) is 6.54 Å². The number of anilines is 3. The van der Waals surface area contributed by atoms with Crippen LogP contribution in [0.3, 0.4) is 0 Å². The Morgan fingerprint density at radius 1 is 0.943 bits per heavy atom. The maximum Gasteiger partial charge on any atom is 0.290 e. The number of imide groups is 1. The number of benzene rings is 2. The van der Waals surface area contributed by atoms with Gasteiger partial charge in [-0.3, -0.25) is 14.9 Å². The Balaban J connectivity index is 1.41. The first-order valence-corrected chi connectivity index (χ1v) is 12.3. The molecule has 35 heavy (non-hydrogen) atoms. The Labute approximate surface area is 208 Å². The largest absolute Gasteiger partial charge is 0.368 e. The molecule has 178 valence electrons. The zero-order valence-electron chi connectivity index (χ0n) is 19.4. The summed E-state index contributed by atoms with van der Waals surface area (Å²) < 4.78 is 0. The van der Waals surface area contributed by atoms with E-state index in [-0.39, 0.29) is 5.24 Å². The van der Waals surface area contributed by atoms with Gasteiger partial charge in [0.25, 0.3) is 11.1 Å². The molecule has 3 aromatic rings. The Morgan fingerprint density at radius 2 is 1.60 bits per heavy atom. The summed E-state index contributed by atoms with van der Waals surface area (Å²) in [6.07, 6.45) is 1.66. The fourth-order valence-electron chi connectivity index (χ4n) is 4.15. The molecule has 2 amide bonds. The Morgan fingerprint density at radius 3 is 2.26 bits per heavy atom. The summed E-state index contributed by atoms with van der Waals surface area (Å²) in [6, 6.07) is 22.4. The van der Waals surface area contributed by atoms with Gasteiger partial charge in [-0.1, -0.05) is 48.5 Å². The molecule has 2 aromatic carbocycles. The number of aromatic nitrogens is 2. The van der Waals surface area contributed by atoms with Crippen molar-refractivity contribution in [2.24, 2.45) is 0 Å². The molecular weight excluding hydrogens is 460 g/mol. The predicted molar refractivity (Wildman–Crippen MR) is 141 cm³/mol. The molecule has 2 aliphatic heterocycles. The molecule has 8 nitrogen and oxygen atoms in total. The summed E-state index contributed by atoms with van der Waals surface area (Å²) in [5.41, 5.74) is 2.98. The first-order chi connectivity index (χ1) is 17.0. The van der Waals surface area contributed by atoms with Crippen molar-refractivity contribution in [3.8, 4) is 0 Å². The molecular formula is C26H26N6O2S. The van der Waals surface area contributed by atoms with Gasteiger partial charge in [-0.25, -0.2) is 4.98 Å². The number of rotatable bonds is 6. The Bertz CT molecular complexity index is 1240. The molecule has 2 aliphatic rings. The van der Waals surface area contributed by atoms with Crippen LogP contribution in [0.2, 0.25) is 0 Å². The third kappa shape index (κ3) is 5.46. The number of carbonyl (C=O) groups excluding carboxylic acids is 2. The fourth-order valence-corrected chi connectivity index (χ4v) is 4.81. The maximum atomic E-state index is 12.1. The Hall–Kier alpha value is -3.85. The van der Waals surface area contributed by atoms with Gasteiger partial charge in [0.05, 0.1) is 10.6 Å². The second-order valence-corrected chi connectivity index (χ2v) is 9.47. The number of piperazine rings is 1. The average Bonchev–Trinajstić information content (AvgIpc) is 3.21. The minimum Gasteiger partial charge on any atom is -0.368 e. The fraction of sp³-hybridized carbons (Fsp3) is 0.231. The molecule has 0 aliphatic carbocycles. The van der Waals surface area contributed by atoms with Crippen LogP contribution in [0, 0.1) is 0 Å². The van der Waals surface area contributed by atoms with E-state index in [2.05, 4.69) is 56.4 Å². The predicted octanol–water partition coefficient (Wildman–Crippen LogP) is 3.76. The lowest BCUT2D eigenvalue weighted by Crippen LogP contribution is -2.47. The molecule has 0 atom stereocenters. The Kier molecular flexibility index (Phi) is 6.67. The zero-order valence-corrected chi connectivity index (χ0v) is 20.2. The summed E-state index contributed by atoms with van der Waals surface area (Å²) >= 11 is 0.892. The molecule has 0 unspecified atom stereocenters. The third-order valence-electron chi connectivity index (χ3n) is 5.98. The molecule has 5 rings (SSSR count). The van der Waals surface area contributed by atoms with Gasteiger partial charge in [-0.15, -0.1) is 0 Å². The summed E-state index contributed by atoms with van der Waals surface area (Å²) in [7, 11) is 1.99. The number of thioether (sulfide) groups is 1. The molecule has 0 bridgehead atoms. The van der Waals surface area contributed by atoms with Crippen molar-refractivity contribution in [1.29, 1.82) is 0 Å². The highest BCUT2D eigenvalue weighted by Gasteiger charge is 2.26. The van der Waals surface area contributed by atoms with E-state index in [9.17, 15) is 9.59 Å². The van der Waals surface area contributed by atoms with Crippen molar-refractivity contribution in [2.75, 3.05) is 47.9 Å². The molecule has 2 saturated heterocycles. The summed E-state index contributed by atoms with van der Waals surface area (Å²) in [6.45, 7) is 3.97. The highest BCUT2D eigenvalue weighted by molar-refractivity contribution is 8.18. The van der Waals surface area contributed by atoms with Gasteiger partial charge in [0.15, 0.2) is 0 Å². The summed E-state index contributed by atoms with van der Waals surface area (Å²) in [5, 5.41) is 1.94. The van der Waals surface area contributed by atoms with Crippen LogP contribution in [-0.4, -0.2) is 54.3 Å². The van der Waals surface area contributed by atoms with Gasteiger partial charge < -0.3 is 14.7 Å². The summed E-state index contributed by atoms with van der Waals surface area (Å²) in [4.78, 5) is 40.3. The van der Waals surface area contributed by atoms with Crippen LogP contribution in [0.4, 0.5) is 22.2 Å². The number of nitrogens with one attached hydrogen (secondary N) is 1. The van der Waals surface area contributed by atoms with E-state index in [1.54, 1.807) is 6.08 Å². The molecule has 2 fully saturated rings. The van der Waals surface area contributed by atoms with Gasteiger partial charge >= 0.3 is 0 Å². The summed E-state index contributed by atoms with van der Waals surface area (Å²) in [5.74, 6) is 0.985. The molecule has 0 radical (unpaired) electrons. The van der Waals surface area contributed by atoms with Gasteiger partial charge in [0.1, 0.15) is 5.82 Å². The number of carbonyl (C=O) groups is 2. The number of para-hydroxylation sites is 1. The van der Waals surface area contributed by atoms with Crippen LogP contribution in [0.15, 0.2) is 71.6 Å². The van der Waals surface area contributed by atoms with Crippen LogP contribution in [-0.2, 0) is 11.3 Å². The van der Waals surface area contributed by atoms with E-state index in [0.29, 0.717) is 23.1 Å². The normalized spacial score (nSPS) is 17.1. The topological polar surface area (TPSA) is 81.7 Å². The van der Waals surface area contributed by atoms with Gasteiger partial charge in [0, 0.05) is 51.5 Å². The monoisotopic (exact) mass is 486 g/mol. The highest BCUT2D eigenvalue weighted by Crippen LogP contribution is 2.27. The van der Waals surface area contributed by atoms with Crippen LogP contribution in [0.1, 0.15) is 11.3 Å². The molecule has 9 heteroatoms. The number of nitrogens with zero attached hydrogens (tertiary/aromatic N) is 5.